The van der Waals surface area contributed by atoms with Gasteiger partial charge in [0.15, 0.2) is 0 Å². The molecule has 1 saturated heterocycles. The molecule has 2 aromatic carbocycles. The van der Waals surface area contributed by atoms with Gasteiger partial charge in [0.25, 0.3) is 5.91 Å². The van der Waals surface area contributed by atoms with Crippen molar-refractivity contribution < 1.29 is 4.79 Å². The van der Waals surface area contributed by atoms with E-state index in [0.717, 1.165) is 47.1 Å². The minimum absolute atomic E-state index is 0.0964. The number of hydrogen-bond donors (Lipinski definition) is 0. The lowest BCUT2D eigenvalue weighted by molar-refractivity contribution is 0.0637. The van der Waals surface area contributed by atoms with Crippen molar-refractivity contribution in [3.05, 3.63) is 65.2 Å². The molecule has 1 aromatic heterocycles. The van der Waals surface area contributed by atoms with E-state index in [4.69, 9.17) is 16.6 Å². The molecule has 0 spiro atoms. The van der Waals surface area contributed by atoms with Gasteiger partial charge in [0.05, 0.1) is 16.8 Å². The Morgan fingerprint density at radius 2 is 1.96 bits per heavy atom. The summed E-state index contributed by atoms with van der Waals surface area (Å²) in [6, 6.07) is 17.6. The van der Waals surface area contributed by atoms with Gasteiger partial charge in [-0.05, 0) is 50.5 Å². The summed E-state index contributed by atoms with van der Waals surface area (Å²) in [5.74, 6) is 0.0964. The number of fused-ring (bicyclic) bond motifs is 1. The second kappa shape index (κ2) is 7.08. The lowest BCUT2D eigenvalue weighted by Gasteiger charge is -2.33. The van der Waals surface area contributed by atoms with Crippen LogP contribution in [0, 0.1) is 0 Å². The lowest BCUT2D eigenvalue weighted by Crippen LogP contribution is -2.42. The number of aromatic nitrogens is 1. The number of pyridine rings is 1. The average molecular weight is 365 g/mol. The van der Waals surface area contributed by atoms with E-state index in [2.05, 4.69) is 6.92 Å². The van der Waals surface area contributed by atoms with Crippen molar-refractivity contribution in [2.75, 3.05) is 6.54 Å². The van der Waals surface area contributed by atoms with Gasteiger partial charge in [0, 0.05) is 28.6 Å². The van der Waals surface area contributed by atoms with E-state index in [1.807, 2.05) is 59.5 Å². The Bertz CT molecular complexity index is 969. The molecule has 0 aliphatic carbocycles. The Morgan fingerprint density at radius 1 is 1.12 bits per heavy atom. The van der Waals surface area contributed by atoms with E-state index >= 15 is 0 Å². The van der Waals surface area contributed by atoms with Crippen LogP contribution >= 0.6 is 11.6 Å². The zero-order chi connectivity index (χ0) is 18.1. The molecule has 0 bridgehead atoms. The first-order valence-corrected chi connectivity index (χ1v) is 9.48. The first-order chi connectivity index (χ1) is 12.6. The van der Waals surface area contributed by atoms with Crippen LogP contribution in [0.2, 0.25) is 5.02 Å². The molecular weight excluding hydrogens is 344 g/mol. The Labute approximate surface area is 158 Å². The predicted octanol–water partition coefficient (Wildman–Crippen LogP) is 5.57. The van der Waals surface area contributed by atoms with Crippen molar-refractivity contribution in [3.63, 3.8) is 0 Å². The Balaban J connectivity index is 1.86. The van der Waals surface area contributed by atoms with Crippen LogP contribution in [0.15, 0.2) is 54.6 Å². The number of likely N-dealkylation sites (tertiary alicyclic amines) is 1. The van der Waals surface area contributed by atoms with Gasteiger partial charge in [-0.15, -0.1) is 0 Å². The summed E-state index contributed by atoms with van der Waals surface area (Å²) in [6.45, 7) is 2.96. The largest absolute Gasteiger partial charge is 0.336 e. The molecule has 1 aliphatic rings. The number of hydrogen-bond acceptors (Lipinski definition) is 2. The maximum Gasteiger partial charge on any atom is 0.254 e. The van der Waals surface area contributed by atoms with E-state index in [1.165, 1.54) is 6.42 Å². The summed E-state index contributed by atoms with van der Waals surface area (Å²) in [7, 11) is 0. The fourth-order valence-corrected chi connectivity index (χ4v) is 3.89. The maximum atomic E-state index is 13.3. The van der Waals surface area contributed by atoms with Crippen LogP contribution in [0.1, 0.15) is 36.5 Å². The molecule has 3 nitrogen and oxygen atoms in total. The molecule has 0 N–H and O–H groups in total. The second-order valence-corrected chi connectivity index (χ2v) is 7.36. The van der Waals surface area contributed by atoms with Gasteiger partial charge < -0.3 is 4.90 Å². The molecule has 3 aromatic rings. The molecule has 1 fully saturated rings. The van der Waals surface area contributed by atoms with Crippen LogP contribution in [-0.2, 0) is 0 Å². The predicted molar refractivity (Wildman–Crippen MR) is 107 cm³/mol. The number of para-hydroxylation sites is 1. The fourth-order valence-electron chi connectivity index (χ4n) is 3.70. The van der Waals surface area contributed by atoms with Gasteiger partial charge in [0.1, 0.15) is 0 Å². The SMILES string of the molecule is C[C@@H]1CCCCN1C(=O)c1cc(-c2cccc(Cl)c2)nc2ccccc12. The highest BCUT2D eigenvalue weighted by Gasteiger charge is 2.26. The van der Waals surface area contributed by atoms with Gasteiger partial charge >= 0.3 is 0 Å². The second-order valence-electron chi connectivity index (χ2n) is 6.93. The van der Waals surface area contributed by atoms with Crippen molar-refractivity contribution in [1.82, 2.24) is 9.88 Å². The Kier molecular flexibility index (Phi) is 4.64. The van der Waals surface area contributed by atoms with Gasteiger partial charge in [-0.3, -0.25) is 4.79 Å². The molecule has 1 amide bonds. The summed E-state index contributed by atoms with van der Waals surface area (Å²) < 4.78 is 0. The number of halogens is 1. The average Bonchev–Trinajstić information content (AvgIpc) is 2.67. The van der Waals surface area contributed by atoms with Crippen LogP contribution in [0.5, 0.6) is 0 Å². The van der Waals surface area contributed by atoms with Crippen molar-refractivity contribution in [1.29, 1.82) is 0 Å². The quantitative estimate of drug-likeness (QED) is 0.595. The molecule has 0 radical (unpaired) electrons. The van der Waals surface area contributed by atoms with Crippen molar-refractivity contribution in [2.45, 2.75) is 32.2 Å². The van der Waals surface area contributed by atoms with Crippen LogP contribution < -0.4 is 0 Å². The zero-order valence-electron chi connectivity index (χ0n) is 14.8. The zero-order valence-corrected chi connectivity index (χ0v) is 15.5. The molecule has 2 heterocycles. The molecule has 0 unspecified atom stereocenters. The first kappa shape index (κ1) is 17.0. The summed E-state index contributed by atoms with van der Waals surface area (Å²) in [5.41, 5.74) is 3.25. The number of amides is 1. The Hall–Kier alpha value is -2.39. The third-order valence-corrected chi connectivity index (χ3v) is 5.37. The molecule has 26 heavy (non-hydrogen) atoms. The highest BCUT2D eigenvalue weighted by molar-refractivity contribution is 6.30. The number of piperidine rings is 1. The van der Waals surface area contributed by atoms with E-state index in [0.29, 0.717) is 5.02 Å². The van der Waals surface area contributed by atoms with Crippen LogP contribution in [0.3, 0.4) is 0 Å². The number of nitrogens with zero attached hydrogens (tertiary/aromatic N) is 2. The summed E-state index contributed by atoms with van der Waals surface area (Å²) in [5, 5.41) is 1.57. The summed E-state index contributed by atoms with van der Waals surface area (Å²) in [6.07, 6.45) is 3.33. The molecule has 0 saturated carbocycles. The van der Waals surface area contributed by atoms with Crippen molar-refractivity contribution >= 4 is 28.4 Å². The van der Waals surface area contributed by atoms with Gasteiger partial charge in [-0.2, -0.15) is 0 Å². The van der Waals surface area contributed by atoms with Crippen LogP contribution in [-0.4, -0.2) is 28.4 Å². The smallest absolute Gasteiger partial charge is 0.254 e. The van der Waals surface area contributed by atoms with Crippen LogP contribution in [0.25, 0.3) is 22.2 Å². The minimum atomic E-state index is 0.0964. The molecule has 4 heteroatoms. The highest BCUT2D eigenvalue weighted by atomic mass is 35.5. The van der Waals surface area contributed by atoms with Gasteiger partial charge in [-0.25, -0.2) is 4.98 Å². The topological polar surface area (TPSA) is 33.2 Å². The summed E-state index contributed by atoms with van der Waals surface area (Å²) >= 11 is 6.15. The number of benzene rings is 2. The van der Waals surface area contributed by atoms with Crippen molar-refractivity contribution in [2.24, 2.45) is 0 Å². The van der Waals surface area contributed by atoms with E-state index in [1.54, 1.807) is 0 Å². The molecule has 4 rings (SSSR count). The molecular formula is C22H21ClN2O. The van der Waals surface area contributed by atoms with E-state index in [9.17, 15) is 4.79 Å². The summed E-state index contributed by atoms with van der Waals surface area (Å²) in [4.78, 5) is 20.1. The number of rotatable bonds is 2. The third-order valence-electron chi connectivity index (χ3n) is 5.13. The van der Waals surface area contributed by atoms with Crippen molar-refractivity contribution in [3.8, 4) is 11.3 Å². The number of carbonyl (C=O) groups excluding carboxylic acids is 1. The van der Waals surface area contributed by atoms with Gasteiger partial charge in [0.2, 0.25) is 0 Å². The fraction of sp³-hybridized carbons (Fsp3) is 0.273. The first-order valence-electron chi connectivity index (χ1n) is 9.10. The maximum absolute atomic E-state index is 13.3. The Morgan fingerprint density at radius 3 is 2.77 bits per heavy atom. The van der Waals surface area contributed by atoms with E-state index < -0.39 is 0 Å². The number of carbonyl (C=O) groups is 1. The van der Waals surface area contributed by atoms with E-state index in [-0.39, 0.29) is 11.9 Å². The lowest BCUT2D eigenvalue weighted by atomic mass is 9.99. The third kappa shape index (κ3) is 3.19. The normalized spacial score (nSPS) is 17.5. The molecule has 1 aliphatic heterocycles. The minimum Gasteiger partial charge on any atom is -0.336 e. The monoisotopic (exact) mass is 364 g/mol. The molecule has 1 atom stereocenters. The molecule has 132 valence electrons. The van der Waals surface area contributed by atoms with Crippen LogP contribution in [0.4, 0.5) is 0 Å². The van der Waals surface area contributed by atoms with Gasteiger partial charge in [-0.1, -0.05) is 41.9 Å². The standard InChI is InChI=1S/C22H21ClN2O/c1-15-7-4-5-12-25(15)22(26)19-14-21(16-8-6-9-17(23)13-16)24-20-11-3-2-10-18(19)20/h2-3,6,8-11,13-15H,4-5,7,12H2,1H3/t15-/m1/s1. The highest BCUT2D eigenvalue weighted by Crippen LogP contribution is 2.29.